The Hall–Kier alpha value is -1.06. The maximum atomic E-state index is 12.7. The first-order chi connectivity index (χ1) is 11.9. The van der Waals surface area contributed by atoms with Gasteiger partial charge in [0.2, 0.25) is 0 Å². The lowest BCUT2D eigenvalue weighted by atomic mass is 9.82. The molecule has 0 N–H and O–H groups in total. The van der Waals surface area contributed by atoms with Crippen molar-refractivity contribution in [2.75, 3.05) is 6.61 Å². The summed E-state index contributed by atoms with van der Waals surface area (Å²) in [6, 6.07) is 0. The van der Waals surface area contributed by atoms with Crippen molar-refractivity contribution in [1.29, 1.82) is 0 Å². The molecule has 0 spiro atoms. The highest BCUT2D eigenvalue weighted by atomic mass is 16.6. The van der Waals surface area contributed by atoms with Crippen LogP contribution in [0.2, 0.25) is 0 Å². The number of hydrogen-bond acceptors (Lipinski definition) is 4. The van der Waals surface area contributed by atoms with E-state index in [1.807, 2.05) is 27.7 Å². The lowest BCUT2D eigenvalue weighted by Crippen LogP contribution is -2.43. The molecule has 0 rings (SSSR count). The van der Waals surface area contributed by atoms with Gasteiger partial charge in [0.05, 0.1) is 6.61 Å². The summed E-state index contributed by atoms with van der Waals surface area (Å²) >= 11 is 0. The van der Waals surface area contributed by atoms with Gasteiger partial charge in [0.25, 0.3) is 0 Å². The van der Waals surface area contributed by atoms with E-state index >= 15 is 0 Å². The number of unbranched alkanes of at least 4 members (excludes halogenated alkanes) is 5. The van der Waals surface area contributed by atoms with Crippen molar-refractivity contribution in [3.8, 4) is 0 Å². The van der Waals surface area contributed by atoms with Crippen LogP contribution in [0.3, 0.4) is 0 Å². The lowest BCUT2D eigenvalue weighted by Gasteiger charge is -2.30. The van der Waals surface area contributed by atoms with Crippen LogP contribution in [0.5, 0.6) is 0 Å². The summed E-state index contributed by atoms with van der Waals surface area (Å²) in [6.45, 7) is 12.3. The summed E-state index contributed by atoms with van der Waals surface area (Å²) in [5, 5.41) is 0. The van der Waals surface area contributed by atoms with E-state index in [-0.39, 0.29) is 12.0 Å². The Morgan fingerprint density at radius 1 is 0.840 bits per heavy atom. The van der Waals surface area contributed by atoms with Crippen molar-refractivity contribution in [2.24, 2.45) is 11.3 Å². The lowest BCUT2D eigenvalue weighted by molar-refractivity contribution is -0.177. The third-order valence-corrected chi connectivity index (χ3v) is 5.46. The fourth-order valence-electron chi connectivity index (χ4n) is 2.83. The molecule has 0 radical (unpaired) electrons. The highest BCUT2D eigenvalue weighted by Crippen LogP contribution is 2.31. The molecular weight excluding hydrogens is 316 g/mol. The Morgan fingerprint density at radius 3 is 1.92 bits per heavy atom. The van der Waals surface area contributed by atoms with Crippen molar-refractivity contribution < 1.29 is 19.1 Å². The minimum atomic E-state index is -1.16. The molecule has 148 valence electrons. The van der Waals surface area contributed by atoms with Crippen LogP contribution in [0.25, 0.3) is 0 Å². The minimum Gasteiger partial charge on any atom is -0.465 e. The van der Waals surface area contributed by atoms with E-state index in [0.717, 1.165) is 19.3 Å². The van der Waals surface area contributed by atoms with Crippen LogP contribution >= 0.6 is 0 Å². The number of carbonyl (C=O) groups excluding carboxylic acids is 2. The molecule has 0 fully saturated rings. The van der Waals surface area contributed by atoms with Gasteiger partial charge in [0.1, 0.15) is 6.10 Å². The second-order valence-corrected chi connectivity index (χ2v) is 7.19. The van der Waals surface area contributed by atoms with Gasteiger partial charge in [0.15, 0.2) is 5.41 Å². The van der Waals surface area contributed by atoms with Crippen LogP contribution in [-0.2, 0) is 19.1 Å². The van der Waals surface area contributed by atoms with E-state index < -0.39 is 17.4 Å². The van der Waals surface area contributed by atoms with Crippen molar-refractivity contribution in [2.45, 2.75) is 105 Å². The summed E-state index contributed by atoms with van der Waals surface area (Å²) < 4.78 is 11.0. The SMILES string of the molecule is CCCCCCCCOC(=O)C(CC)(CC)C(=O)OC(C)C(C)CC. The van der Waals surface area contributed by atoms with Gasteiger partial charge in [-0.05, 0) is 32.1 Å². The van der Waals surface area contributed by atoms with Gasteiger partial charge in [-0.25, -0.2) is 0 Å². The zero-order chi connectivity index (χ0) is 19.3. The molecule has 0 aliphatic carbocycles. The summed E-state index contributed by atoms with van der Waals surface area (Å²) in [6.07, 6.45) is 8.37. The normalized spacial score (nSPS) is 14.0. The van der Waals surface area contributed by atoms with Gasteiger partial charge < -0.3 is 9.47 Å². The van der Waals surface area contributed by atoms with Crippen molar-refractivity contribution >= 4 is 11.9 Å². The zero-order valence-electron chi connectivity index (χ0n) is 17.4. The van der Waals surface area contributed by atoms with E-state index in [1.54, 1.807) is 0 Å². The zero-order valence-corrected chi connectivity index (χ0v) is 17.4. The molecule has 0 aromatic heterocycles. The number of rotatable bonds is 14. The molecule has 0 aromatic rings. The van der Waals surface area contributed by atoms with Gasteiger partial charge in [-0.15, -0.1) is 0 Å². The molecule has 0 amide bonds. The van der Waals surface area contributed by atoms with Gasteiger partial charge in [-0.2, -0.15) is 0 Å². The van der Waals surface area contributed by atoms with E-state index in [2.05, 4.69) is 13.8 Å². The molecule has 2 atom stereocenters. The van der Waals surface area contributed by atoms with Crippen LogP contribution in [0, 0.1) is 11.3 Å². The molecule has 25 heavy (non-hydrogen) atoms. The fourth-order valence-corrected chi connectivity index (χ4v) is 2.83. The Bertz CT molecular complexity index is 374. The summed E-state index contributed by atoms with van der Waals surface area (Å²) in [5.41, 5.74) is -1.16. The molecule has 4 nitrogen and oxygen atoms in total. The monoisotopic (exact) mass is 356 g/mol. The molecular formula is C21H40O4. The number of esters is 2. The first-order valence-electron chi connectivity index (χ1n) is 10.3. The molecule has 0 aromatic carbocycles. The van der Waals surface area contributed by atoms with E-state index in [1.165, 1.54) is 25.7 Å². The van der Waals surface area contributed by atoms with Gasteiger partial charge in [-0.3, -0.25) is 9.59 Å². The summed E-state index contributed by atoms with van der Waals surface area (Å²) in [7, 11) is 0. The second kappa shape index (κ2) is 13.2. The summed E-state index contributed by atoms with van der Waals surface area (Å²) in [4.78, 5) is 25.3. The van der Waals surface area contributed by atoms with Crippen molar-refractivity contribution in [3.63, 3.8) is 0 Å². The predicted octanol–water partition coefficient (Wildman–Crippen LogP) is 5.67. The smallest absolute Gasteiger partial charge is 0.323 e. The van der Waals surface area contributed by atoms with Crippen molar-refractivity contribution in [3.05, 3.63) is 0 Å². The van der Waals surface area contributed by atoms with Crippen LogP contribution in [0.1, 0.15) is 99.3 Å². The van der Waals surface area contributed by atoms with E-state index in [0.29, 0.717) is 19.4 Å². The van der Waals surface area contributed by atoms with Crippen LogP contribution < -0.4 is 0 Å². The van der Waals surface area contributed by atoms with Gasteiger partial charge in [-0.1, -0.05) is 73.1 Å². The average molecular weight is 357 g/mol. The number of hydrogen-bond donors (Lipinski definition) is 0. The number of carbonyl (C=O) groups is 2. The summed E-state index contributed by atoms with van der Waals surface area (Å²) in [5.74, 6) is -0.583. The first kappa shape index (κ1) is 23.9. The third-order valence-electron chi connectivity index (χ3n) is 5.46. The second-order valence-electron chi connectivity index (χ2n) is 7.19. The molecule has 0 aliphatic rings. The average Bonchev–Trinajstić information content (AvgIpc) is 2.61. The van der Waals surface area contributed by atoms with Crippen LogP contribution in [0.4, 0.5) is 0 Å². The topological polar surface area (TPSA) is 52.6 Å². The molecule has 2 unspecified atom stereocenters. The highest BCUT2D eigenvalue weighted by molar-refractivity contribution is 6.00. The molecule has 0 aliphatic heterocycles. The maximum Gasteiger partial charge on any atom is 0.323 e. The molecule has 0 saturated heterocycles. The standard InChI is InChI=1S/C21H40O4/c1-7-11-12-13-14-15-16-24-19(22)21(9-3,10-4)20(23)25-18(6)17(5)8-2/h17-18H,7-16H2,1-6H3. The quantitative estimate of drug-likeness (QED) is 0.228. The highest BCUT2D eigenvalue weighted by Gasteiger charge is 2.46. The fraction of sp³-hybridized carbons (Fsp3) is 0.905. The maximum absolute atomic E-state index is 12.7. The largest absolute Gasteiger partial charge is 0.465 e. The Kier molecular flexibility index (Phi) is 12.6. The van der Waals surface area contributed by atoms with Crippen LogP contribution in [0.15, 0.2) is 0 Å². The number of ether oxygens (including phenoxy) is 2. The van der Waals surface area contributed by atoms with E-state index in [9.17, 15) is 9.59 Å². The molecule has 0 bridgehead atoms. The van der Waals surface area contributed by atoms with Gasteiger partial charge >= 0.3 is 11.9 Å². The van der Waals surface area contributed by atoms with Crippen molar-refractivity contribution in [1.82, 2.24) is 0 Å². The predicted molar refractivity (Wildman–Crippen MR) is 102 cm³/mol. The van der Waals surface area contributed by atoms with Gasteiger partial charge in [0, 0.05) is 0 Å². The third kappa shape index (κ3) is 7.79. The molecule has 0 saturated carbocycles. The first-order valence-corrected chi connectivity index (χ1v) is 10.3. The Labute approximate surface area is 155 Å². The van der Waals surface area contributed by atoms with E-state index in [4.69, 9.17) is 9.47 Å². The minimum absolute atomic E-state index is 0.193. The Balaban J connectivity index is 4.56. The van der Waals surface area contributed by atoms with Crippen LogP contribution in [-0.4, -0.2) is 24.6 Å². The molecule has 4 heteroatoms. The Morgan fingerprint density at radius 2 is 1.40 bits per heavy atom. The molecule has 0 heterocycles.